The molecule has 0 saturated heterocycles. The van der Waals surface area contributed by atoms with E-state index in [0.29, 0.717) is 0 Å². The van der Waals surface area contributed by atoms with E-state index < -0.39 is 0 Å². The molecule has 52 valence electrons. The lowest BCUT2D eigenvalue weighted by Crippen LogP contribution is -1.86. The Morgan fingerprint density at radius 3 is 1.89 bits per heavy atom. The fourth-order valence-corrected chi connectivity index (χ4v) is 0.891. The van der Waals surface area contributed by atoms with Crippen molar-refractivity contribution in [1.29, 1.82) is 0 Å². The van der Waals surface area contributed by atoms with Crippen LogP contribution in [0.25, 0.3) is 0 Å². The Bertz CT molecular complexity index is 117. The molecule has 0 saturated carbocycles. The van der Waals surface area contributed by atoms with Gasteiger partial charge in [-0.1, -0.05) is 19.4 Å². The van der Waals surface area contributed by atoms with Crippen LogP contribution in [0.2, 0.25) is 0 Å². The summed E-state index contributed by atoms with van der Waals surface area (Å²) in [5, 5.41) is 0. The number of hydrogen-bond donors (Lipinski definition) is 0. The number of allylic oxidation sites excluding steroid dienone is 2. The monoisotopic (exact) mass is 126 g/mol. The van der Waals surface area contributed by atoms with Crippen LogP contribution >= 0.6 is 0 Å². The smallest absolute Gasteiger partial charge is 0.145 e. The fraction of sp³-hybridized carbons (Fsp3) is 0.625. The molecule has 9 heavy (non-hydrogen) atoms. The summed E-state index contributed by atoms with van der Waals surface area (Å²) in [5.41, 5.74) is 2.17. The highest BCUT2D eigenvalue weighted by atomic mass is 16.1. The van der Waals surface area contributed by atoms with Gasteiger partial charge in [0.2, 0.25) is 0 Å². The van der Waals surface area contributed by atoms with Crippen molar-refractivity contribution < 1.29 is 4.79 Å². The lowest BCUT2D eigenvalue weighted by Gasteiger charge is -1.99. The van der Waals surface area contributed by atoms with Gasteiger partial charge in [0.25, 0.3) is 0 Å². The molecule has 0 rings (SSSR count). The first kappa shape index (κ1) is 8.41. The van der Waals surface area contributed by atoms with Crippen LogP contribution in [0.5, 0.6) is 0 Å². The lowest BCUT2D eigenvalue weighted by molar-refractivity contribution is -0.104. The van der Waals surface area contributed by atoms with Gasteiger partial charge in [-0.15, -0.1) is 0 Å². The first-order chi connectivity index (χ1) is 4.26. The zero-order valence-corrected chi connectivity index (χ0v) is 6.40. The summed E-state index contributed by atoms with van der Waals surface area (Å²) in [6, 6.07) is 0. The number of carbonyl (C=O) groups is 1. The molecular weight excluding hydrogens is 112 g/mol. The molecule has 0 amide bonds. The van der Waals surface area contributed by atoms with Crippen molar-refractivity contribution >= 4 is 6.29 Å². The molecule has 0 aromatic carbocycles. The van der Waals surface area contributed by atoms with E-state index in [2.05, 4.69) is 13.8 Å². The van der Waals surface area contributed by atoms with E-state index in [4.69, 9.17) is 0 Å². The maximum Gasteiger partial charge on any atom is 0.145 e. The van der Waals surface area contributed by atoms with Gasteiger partial charge >= 0.3 is 0 Å². The molecule has 0 aliphatic carbocycles. The molecule has 0 bridgehead atoms. The zero-order valence-electron chi connectivity index (χ0n) is 6.40. The minimum atomic E-state index is 0.903. The minimum Gasteiger partial charge on any atom is -0.298 e. The second-order valence-corrected chi connectivity index (χ2v) is 2.11. The molecular formula is C8H14O. The predicted octanol–water partition coefficient (Wildman–Crippen LogP) is 2.32. The van der Waals surface area contributed by atoms with Gasteiger partial charge in [-0.2, -0.15) is 0 Å². The quantitative estimate of drug-likeness (QED) is 0.419. The van der Waals surface area contributed by atoms with Gasteiger partial charge < -0.3 is 0 Å². The second kappa shape index (κ2) is 4.30. The summed E-state index contributed by atoms with van der Waals surface area (Å²) >= 11 is 0. The highest BCUT2D eigenvalue weighted by Gasteiger charge is 1.94. The van der Waals surface area contributed by atoms with E-state index in [0.717, 1.165) is 24.7 Å². The summed E-state index contributed by atoms with van der Waals surface area (Å²) in [5.74, 6) is 0. The molecule has 0 heterocycles. The molecule has 0 fully saturated rings. The van der Waals surface area contributed by atoms with Crippen molar-refractivity contribution in [3.63, 3.8) is 0 Å². The average molecular weight is 126 g/mol. The van der Waals surface area contributed by atoms with Gasteiger partial charge in [0, 0.05) is 0 Å². The van der Waals surface area contributed by atoms with Gasteiger partial charge in [-0.05, 0) is 25.3 Å². The largest absolute Gasteiger partial charge is 0.298 e. The molecule has 1 heteroatoms. The first-order valence-corrected chi connectivity index (χ1v) is 3.40. The van der Waals surface area contributed by atoms with Crippen molar-refractivity contribution in [2.24, 2.45) is 0 Å². The Kier molecular flexibility index (Phi) is 4.02. The van der Waals surface area contributed by atoms with E-state index in [1.54, 1.807) is 0 Å². The van der Waals surface area contributed by atoms with E-state index in [1.165, 1.54) is 5.57 Å². The Labute approximate surface area is 56.8 Å². The highest BCUT2D eigenvalue weighted by molar-refractivity contribution is 5.73. The van der Waals surface area contributed by atoms with Crippen LogP contribution in [-0.2, 0) is 4.79 Å². The molecule has 0 radical (unpaired) electrons. The van der Waals surface area contributed by atoms with Crippen LogP contribution in [-0.4, -0.2) is 6.29 Å². The molecule has 0 aliphatic rings. The summed E-state index contributed by atoms with van der Waals surface area (Å²) in [6.07, 6.45) is 2.93. The van der Waals surface area contributed by atoms with Crippen molar-refractivity contribution in [3.8, 4) is 0 Å². The molecule has 0 unspecified atom stereocenters. The number of aldehydes is 1. The molecule has 0 N–H and O–H groups in total. The third-order valence-corrected chi connectivity index (χ3v) is 1.59. The molecule has 0 atom stereocenters. The zero-order chi connectivity index (χ0) is 7.28. The van der Waals surface area contributed by atoms with E-state index in [-0.39, 0.29) is 0 Å². The predicted molar refractivity (Wildman–Crippen MR) is 39.3 cm³/mol. The summed E-state index contributed by atoms with van der Waals surface area (Å²) in [4.78, 5) is 10.2. The number of rotatable bonds is 3. The topological polar surface area (TPSA) is 17.1 Å². The van der Waals surface area contributed by atoms with Crippen molar-refractivity contribution in [1.82, 2.24) is 0 Å². The van der Waals surface area contributed by atoms with Crippen LogP contribution in [0.3, 0.4) is 0 Å². The second-order valence-electron chi connectivity index (χ2n) is 2.11. The Morgan fingerprint density at radius 2 is 1.78 bits per heavy atom. The average Bonchev–Trinajstić information content (AvgIpc) is 1.90. The summed E-state index contributed by atoms with van der Waals surface area (Å²) in [7, 11) is 0. The third kappa shape index (κ3) is 2.45. The van der Waals surface area contributed by atoms with Crippen molar-refractivity contribution in [2.75, 3.05) is 0 Å². The standard InChI is InChI=1S/C8H14O/c1-4-8(5-2)7(3)6-9/h6H,4-5H2,1-3H3. The third-order valence-electron chi connectivity index (χ3n) is 1.59. The number of hydrogen-bond acceptors (Lipinski definition) is 1. The van der Waals surface area contributed by atoms with Gasteiger partial charge in [0.05, 0.1) is 0 Å². The maximum atomic E-state index is 10.2. The summed E-state index contributed by atoms with van der Waals surface area (Å²) < 4.78 is 0. The molecule has 1 nitrogen and oxygen atoms in total. The Balaban J connectivity index is 4.17. The molecule has 0 spiro atoms. The first-order valence-electron chi connectivity index (χ1n) is 3.40. The number of carbonyl (C=O) groups excluding carboxylic acids is 1. The van der Waals surface area contributed by atoms with E-state index in [1.807, 2.05) is 6.92 Å². The van der Waals surface area contributed by atoms with Crippen molar-refractivity contribution in [2.45, 2.75) is 33.6 Å². The lowest BCUT2D eigenvalue weighted by atomic mass is 10.1. The van der Waals surface area contributed by atoms with Crippen LogP contribution in [0.4, 0.5) is 0 Å². The fourth-order valence-electron chi connectivity index (χ4n) is 0.891. The van der Waals surface area contributed by atoms with Crippen LogP contribution in [0, 0.1) is 0 Å². The van der Waals surface area contributed by atoms with Gasteiger partial charge in [-0.25, -0.2) is 0 Å². The highest BCUT2D eigenvalue weighted by Crippen LogP contribution is 2.09. The van der Waals surface area contributed by atoms with Gasteiger partial charge in [0.15, 0.2) is 0 Å². The van der Waals surface area contributed by atoms with Gasteiger partial charge in [0.1, 0.15) is 6.29 Å². The van der Waals surface area contributed by atoms with E-state index in [9.17, 15) is 4.79 Å². The Morgan fingerprint density at radius 1 is 1.33 bits per heavy atom. The van der Waals surface area contributed by atoms with Gasteiger partial charge in [-0.3, -0.25) is 4.79 Å². The Hall–Kier alpha value is -0.590. The minimum absolute atomic E-state index is 0.903. The van der Waals surface area contributed by atoms with Crippen LogP contribution in [0.15, 0.2) is 11.1 Å². The van der Waals surface area contributed by atoms with Crippen molar-refractivity contribution in [3.05, 3.63) is 11.1 Å². The summed E-state index contributed by atoms with van der Waals surface area (Å²) in [6.45, 7) is 6.02. The molecule has 0 aliphatic heterocycles. The molecule has 0 aromatic heterocycles. The molecule has 0 aromatic rings. The van der Waals surface area contributed by atoms with E-state index >= 15 is 0 Å². The normalized spacial score (nSPS) is 8.78. The maximum absolute atomic E-state index is 10.2. The van der Waals surface area contributed by atoms with Crippen LogP contribution in [0.1, 0.15) is 33.6 Å². The van der Waals surface area contributed by atoms with Crippen LogP contribution < -0.4 is 0 Å². The SMILES string of the molecule is CCC(CC)=C(C)C=O.